The van der Waals surface area contributed by atoms with Gasteiger partial charge in [-0.05, 0) is 32.5 Å². The van der Waals surface area contributed by atoms with Crippen LogP contribution in [-0.2, 0) is 4.79 Å². The molecule has 1 saturated heterocycles. The van der Waals surface area contributed by atoms with Crippen molar-refractivity contribution in [3.63, 3.8) is 0 Å². The van der Waals surface area contributed by atoms with Crippen LogP contribution in [0, 0.1) is 0 Å². The molecule has 1 rings (SSSR count). The molecule has 0 bridgehead atoms. The van der Waals surface area contributed by atoms with Gasteiger partial charge in [-0.3, -0.25) is 4.79 Å². The SMILES string of the molecule is CNC/C=C\NCC(=O)N1CCCCC1. The Morgan fingerprint density at radius 3 is 2.73 bits per heavy atom. The molecule has 0 aromatic heterocycles. The Labute approximate surface area is 91.7 Å². The first kappa shape index (κ1) is 12.0. The van der Waals surface area contributed by atoms with Crippen molar-refractivity contribution < 1.29 is 4.79 Å². The molecule has 0 unspecified atom stereocenters. The standard InChI is InChI=1S/C11H21N3O/c1-12-6-5-7-13-10-11(15)14-8-3-2-4-9-14/h5,7,12-13H,2-4,6,8-10H2,1H3/b7-5-. The Bertz CT molecular complexity index is 210. The lowest BCUT2D eigenvalue weighted by Crippen LogP contribution is -2.40. The third kappa shape index (κ3) is 4.83. The minimum atomic E-state index is 0.212. The first-order valence-corrected chi connectivity index (χ1v) is 5.65. The molecular weight excluding hydrogens is 190 g/mol. The van der Waals surface area contributed by atoms with Crippen LogP contribution in [0.4, 0.5) is 0 Å². The van der Waals surface area contributed by atoms with Crippen LogP contribution in [0.15, 0.2) is 12.3 Å². The van der Waals surface area contributed by atoms with Gasteiger partial charge in [0, 0.05) is 19.6 Å². The fraction of sp³-hybridized carbons (Fsp3) is 0.727. The van der Waals surface area contributed by atoms with Gasteiger partial charge in [0.1, 0.15) is 0 Å². The van der Waals surface area contributed by atoms with Crippen LogP contribution in [0.2, 0.25) is 0 Å². The Balaban J connectivity index is 2.11. The number of amides is 1. The van der Waals surface area contributed by atoms with Crippen molar-refractivity contribution in [1.29, 1.82) is 0 Å². The summed E-state index contributed by atoms with van der Waals surface area (Å²) in [6.45, 7) is 3.10. The van der Waals surface area contributed by atoms with Crippen molar-refractivity contribution in [2.75, 3.05) is 33.2 Å². The molecule has 0 saturated carbocycles. The summed E-state index contributed by atoms with van der Waals surface area (Å²) in [7, 11) is 1.89. The molecule has 0 aliphatic carbocycles. The van der Waals surface area contributed by atoms with Gasteiger partial charge in [0.25, 0.3) is 0 Å². The van der Waals surface area contributed by atoms with E-state index in [2.05, 4.69) is 10.6 Å². The minimum Gasteiger partial charge on any atom is -0.382 e. The van der Waals surface area contributed by atoms with Gasteiger partial charge < -0.3 is 15.5 Å². The second kappa shape index (κ2) is 7.29. The summed E-state index contributed by atoms with van der Waals surface area (Å²) in [5, 5.41) is 6.00. The summed E-state index contributed by atoms with van der Waals surface area (Å²) in [6, 6.07) is 0. The molecule has 0 radical (unpaired) electrons. The molecule has 1 aliphatic rings. The highest BCUT2D eigenvalue weighted by molar-refractivity contribution is 5.78. The molecular formula is C11H21N3O. The predicted octanol–water partition coefficient (Wildman–Crippen LogP) is 0.322. The third-order valence-electron chi connectivity index (χ3n) is 2.52. The second-order valence-electron chi connectivity index (χ2n) is 3.78. The Morgan fingerprint density at radius 2 is 2.07 bits per heavy atom. The molecule has 86 valence electrons. The molecule has 2 N–H and O–H groups in total. The van der Waals surface area contributed by atoms with Gasteiger partial charge >= 0.3 is 0 Å². The van der Waals surface area contributed by atoms with Crippen molar-refractivity contribution in [2.45, 2.75) is 19.3 Å². The maximum atomic E-state index is 11.6. The van der Waals surface area contributed by atoms with Gasteiger partial charge in [0.2, 0.25) is 5.91 Å². The maximum absolute atomic E-state index is 11.6. The number of carbonyl (C=O) groups excluding carboxylic acids is 1. The molecule has 1 aliphatic heterocycles. The summed E-state index contributed by atoms with van der Waals surface area (Å²) in [4.78, 5) is 13.6. The van der Waals surface area contributed by atoms with E-state index in [0.29, 0.717) is 6.54 Å². The topological polar surface area (TPSA) is 44.4 Å². The fourth-order valence-electron chi connectivity index (χ4n) is 1.66. The highest BCUT2D eigenvalue weighted by atomic mass is 16.2. The van der Waals surface area contributed by atoms with E-state index in [4.69, 9.17) is 0 Å². The van der Waals surface area contributed by atoms with Crippen LogP contribution in [0.3, 0.4) is 0 Å². The fourth-order valence-corrected chi connectivity index (χ4v) is 1.66. The van der Waals surface area contributed by atoms with Gasteiger partial charge in [-0.25, -0.2) is 0 Å². The van der Waals surface area contributed by atoms with E-state index in [0.717, 1.165) is 32.5 Å². The van der Waals surface area contributed by atoms with E-state index < -0.39 is 0 Å². The molecule has 1 amide bonds. The van der Waals surface area contributed by atoms with Gasteiger partial charge in [-0.1, -0.05) is 6.08 Å². The summed E-state index contributed by atoms with van der Waals surface area (Å²) >= 11 is 0. The molecule has 0 aromatic rings. The Morgan fingerprint density at radius 1 is 1.33 bits per heavy atom. The number of nitrogens with zero attached hydrogens (tertiary/aromatic N) is 1. The van der Waals surface area contributed by atoms with Crippen LogP contribution >= 0.6 is 0 Å². The van der Waals surface area contributed by atoms with Gasteiger partial charge in [0.15, 0.2) is 0 Å². The van der Waals surface area contributed by atoms with Crippen molar-refractivity contribution in [1.82, 2.24) is 15.5 Å². The first-order valence-electron chi connectivity index (χ1n) is 5.65. The largest absolute Gasteiger partial charge is 0.382 e. The average Bonchev–Trinajstić information content (AvgIpc) is 2.30. The number of carbonyl (C=O) groups is 1. The van der Waals surface area contributed by atoms with E-state index in [-0.39, 0.29) is 5.91 Å². The number of hydrogen-bond donors (Lipinski definition) is 2. The Hall–Kier alpha value is -1.03. The smallest absolute Gasteiger partial charge is 0.241 e. The van der Waals surface area contributed by atoms with E-state index in [1.807, 2.05) is 24.2 Å². The lowest BCUT2D eigenvalue weighted by atomic mass is 10.1. The molecule has 15 heavy (non-hydrogen) atoms. The van der Waals surface area contributed by atoms with Crippen molar-refractivity contribution >= 4 is 5.91 Å². The van der Waals surface area contributed by atoms with Crippen LogP contribution in [0.1, 0.15) is 19.3 Å². The summed E-state index contributed by atoms with van der Waals surface area (Å²) in [6.07, 6.45) is 7.36. The molecule has 1 heterocycles. The molecule has 0 atom stereocenters. The van der Waals surface area contributed by atoms with Gasteiger partial charge in [0.05, 0.1) is 6.54 Å². The van der Waals surface area contributed by atoms with Crippen molar-refractivity contribution in [3.05, 3.63) is 12.3 Å². The normalized spacial score (nSPS) is 17.0. The van der Waals surface area contributed by atoms with Gasteiger partial charge in [-0.2, -0.15) is 0 Å². The van der Waals surface area contributed by atoms with Crippen LogP contribution in [0.5, 0.6) is 0 Å². The van der Waals surface area contributed by atoms with E-state index in [1.165, 1.54) is 6.42 Å². The van der Waals surface area contributed by atoms with Crippen molar-refractivity contribution in [2.24, 2.45) is 0 Å². The lowest BCUT2D eigenvalue weighted by molar-refractivity contribution is -0.130. The highest BCUT2D eigenvalue weighted by Crippen LogP contribution is 2.07. The molecule has 0 aromatic carbocycles. The van der Waals surface area contributed by atoms with Crippen LogP contribution in [-0.4, -0.2) is 44.0 Å². The van der Waals surface area contributed by atoms with E-state index in [9.17, 15) is 4.79 Å². The minimum absolute atomic E-state index is 0.212. The first-order chi connectivity index (χ1) is 7.34. The van der Waals surface area contributed by atoms with E-state index in [1.54, 1.807) is 0 Å². The maximum Gasteiger partial charge on any atom is 0.241 e. The number of hydrogen-bond acceptors (Lipinski definition) is 3. The lowest BCUT2D eigenvalue weighted by Gasteiger charge is -2.26. The van der Waals surface area contributed by atoms with Crippen LogP contribution in [0.25, 0.3) is 0 Å². The molecule has 4 heteroatoms. The zero-order chi connectivity index (χ0) is 10.9. The van der Waals surface area contributed by atoms with Crippen molar-refractivity contribution in [3.8, 4) is 0 Å². The number of piperidine rings is 1. The quantitative estimate of drug-likeness (QED) is 0.688. The zero-order valence-electron chi connectivity index (χ0n) is 9.46. The highest BCUT2D eigenvalue weighted by Gasteiger charge is 2.14. The number of rotatable bonds is 5. The molecule has 1 fully saturated rings. The molecule has 4 nitrogen and oxygen atoms in total. The van der Waals surface area contributed by atoms with E-state index >= 15 is 0 Å². The third-order valence-corrected chi connectivity index (χ3v) is 2.52. The second-order valence-corrected chi connectivity index (χ2v) is 3.78. The average molecular weight is 211 g/mol. The number of likely N-dealkylation sites (N-methyl/N-ethyl adjacent to an activating group) is 1. The summed E-state index contributed by atoms with van der Waals surface area (Å²) in [5.74, 6) is 0.212. The van der Waals surface area contributed by atoms with Gasteiger partial charge in [-0.15, -0.1) is 0 Å². The number of nitrogens with one attached hydrogen (secondary N) is 2. The molecule has 0 spiro atoms. The summed E-state index contributed by atoms with van der Waals surface area (Å²) in [5.41, 5.74) is 0. The number of likely N-dealkylation sites (tertiary alicyclic amines) is 1. The predicted molar refractivity (Wildman–Crippen MR) is 61.5 cm³/mol. The Kier molecular flexibility index (Phi) is 5.85. The summed E-state index contributed by atoms with van der Waals surface area (Å²) < 4.78 is 0. The zero-order valence-corrected chi connectivity index (χ0v) is 9.46. The van der Waals surface area contributed by atoms with Crippen LogP contribution < -0.4 is 10.6 Å². The monoisotopic (exact) mass is 211 g/mol.